The number of rotatable bonds is 7. The van der Waals surface area contributed by atoms with E-state index < -0.39 is 17.7 Å². The molecule has 0 saturated carbocycles. The number of thiophene rings is 1. The highest BCUT2D eigenvalue weighted by atomic mass is 32.1. The Balaban J connectivity index is 1.76. The van der Waals surface area contributed by atoms with Crippen LogP contribution in [0.2, 0.25) is 0 Å². The van der Waals surface area contributed by atoms with Crippen molar-refractivity contribution in [1.29, 1.82) is 0 Å². The summed E-state index contributed by atoms with van der Waals surface area (Å²) in [5.41, 5.74) is 0.783. The number of ether oxygens (including phenoxy) is 1. The van der Waals surface area contributed by atoms with Crippen LogP contribution in [0.25, 0.3) is 0 Å². The summed E-state index contributed by atoms with van der Waals surface area (Å²) in [6, 6.07) is 13.4. The SMILES string of the molecule is CCOc1ccc(C2C(C(=O)c3cccs3)=C(O)C(=O)N2Cc2ccco2)cc1. The first-order chi connectivity index (χ1) is 14.1. The maximum Gasteiger partial charge on any atom is 0.290 e. The summed E-state index contributed by atoms with van der Waals surface area (Å²) in [6.45, 7) is 2.57. The van der Waals surface area contributed by atoms with E-state index in [0.717, 1.165) is 0 Å². The number of nitrogens with zero attached hydrogens (tertiary/aromatic N) is 1. The lowest BCUT2D eigenvalue weighted by molar-refractivity contribution is -0.130. The molecule has 1 N–H and O–H groups in total. The van der Waals surface area contributed by atoms with E-state index in [4.69, 9.17) is 9.15 Å². The zero-order chi connectivity index (χ0) is 20.4. The van der Waals surface area contributed by atoms with Crippen LogP contribution in [0.4, 0.5) is 0 Å². The molecule has 0 saturated heterocycles. The van der Waals surface area contributed by atoms with Gasteiger partial charge in [0.25, 0.3) is 5.91 Å². The van der Waals surface area contributed by atoms with Crippen LogP contribution < -0.4 is 4.74 Å². The first kappa shape index (κ1) is 19.0. The van der Waals surface area contributed by atoms with Crippen LogP contribution in [-0.4, -0.2) is 28.3 Å². The van der Waals surface area contributed by atoms with Crippen LogP contribution in [0.5, 0.6) is 5.75 Å². The van der Waals surface area contributed by atoms with Gasteiger partial charge < -0.3 is 19.2 Å². The van der Waals surface area contributed by atoms with Crippen LogP contribution >= 0.6 is 11.3 Å². The van der Waals surface area contributed by atoms with Crippen molar-refractivity contribution in [2.75, 3.05) is 6.61 Å². The molecule has 1 aliphatic heterocycles. The summed E-state index contributed by atoms with van der Waals surface area (Å²) in [7, 11) is 0. The van der Waals surface area contributed by atoms with Crippen LogP contribution in [-0.2, 0) is 11.3 Å². The topological polar surface area (TPSA) is 80.0 Å². The molecule has 0 fully saturated rings. The summed E-state index contributed by atoms with van der Waals surface area (Å²) in [4.78, 5) is 27.9. The molecule has 1 aliphatic rings. The van der Waals surface area contributed by atoms with E-state index in [1.54, 1.807) is 53.9 Å². The van der Waals surface area contributed by atoms with Crippen molar-refractivity contribution in [3.8, 4) is 5.75 Å². The van der Waals surface area contributed by atoms with Gasteiger partial charge in [-0.2, -0.15) is 0 Å². The fourth-order valence-electron chi connectivity index (χ4n) is 3.42. The molecule has 0 spiro atoms. The van der Waals surface area contributed by atoms with Crippen LogP contribution in [0, 0.1) is 0 Å². The standard InChI is InChI=1S/C22H19NO5S/c1-2-27-15-9-7-14(8-10-15)19-18(20(24)17-6-4-12-29-17)21(25)22(26)23(19)13-16-5-3-11-28-16/h3-12,19,25H,2,13H2,1H3. The molecule has 7 heteroatoms. The van der Waals surface area contributed by atoms with Gasteiger partial charge in [-0.1, -0.05) is 18.2 Å². The van der Waals surface area contributed by atoms with Crippen molar-refractivity contribution in [3.05, 3.63) is 87.7 Å². The number of hydrogen-bond acceptors (Lipinski definition) is 6. The van der Waals surface area contributed by atoms with E-state index in [9.17, 15) is 14.7 Å². The number of carbonyl (C=O) groups excluding carboxylic acids is 2. The third-order valence-corrected chi connectivity index (χ3v) is 5.58. The first-order valence-electron chi connectivity index (χ1n) is 9.17. The number of benzene rings is 1. The van der Waals surface area contributed by atoms with Crippen molar-refractivity contribution in [3.63, 3.8) is 0 Å². The molecule has 1 atom stereocenters. The summed E-state index contributed by atoms with van der Waals surface area (Å²) in [6.07, 6.45) is 1.52. The first-order valence-corrected chi connectivity index (χ1v) is 10.1. The predicted molar refractivity (Wildman–Crippen MR) is 108 cm³/mol. The molecule has 1 amide bonds. The number of aliphatic hydroxyl groups excluding tert-OH is 1. The van der Waals surface area contributed by atoms with Gasteiger partial charge in [0.1, 0.15) is 11.5 Å². The molecule has 6 nitrogen and oxygen atoms in total. The Labute approximate surface area is 171 Å². The van der Waals surface area contributed by atoms with Crippen molar-refractivity contribution >= 4 is 23.0 Å². The lowest BCUT2D eigenvalue weighted by atomic mass is 9.95. The zero-order valence-corrected chi connectivity index (χ0v) is 16.5. The highest BCUT2D eigenvalue weighted by Gasteiger charge is 2.44. The van der Waals surface area contributed by atoms with Gasteiger partial charge in [-0.15, -0.1) is 11.3 Å². The number of ketones is 1. The zero-order valence-electron chi connectivity index (χ0n) is 15.7. The molecule has 0 radical (unpaired) electrons. The molecule has 1 aromatic carbocycles. The fraction of sp³-hybridized carbons (Fsp3) is 0.182. The molecule has 0 aliphatic carbocycles. The van der Waals surface area contributed by atoms with Gasteiger partial charge in [-0.3, -0.25) is 9.59 Å². The molecule has 0 bridgehead atoms. The van der Waals surface area contributed by atoms with Gasteiger partial charge in [-0.05, 0) is 48.2 Å². The predicted octanol–water partition coefficient (Wildman–Crippen LogP) is 4.52. The molecule has 3 heterocycles. The Hall–Kier alpha value is -3.32. The van der Waals surface area contributed by atoms with E-state index in [1.165, 1.54) is 22.5 Å². The van der Waals surface area contributed by atoms with E-state index in [0.29, 0.717) is 28.6 Å². The third kappa shape index (κ3) is 3.56. The number of Topliss-reactive ketones (excluding diaryl/α,β-unsaturated/α-hetero) is 1. The highest BCUT2D eigenvalue weighted by molar-refractivity contribution is 7.12. The highest BCUT2D eigenvalue weighted by Crippen LogP contribution is 2.40. The van der Waals surface area contributed by atoms with Gasteiger partial charge in [0.05, 0.1) is 35.9 Å². The largest absolute Gasteiger partial charge is 0.503 e. The number of carbonyl (C=O) groups is 2. The summed E-state index contributed by atoms with van der Waals surface area (Å²) >= 11 is 1.27. The quantitative estimate of drug-likeness (QED) is 0.581. The third-order valence-electron chi connectivity index (χ3n) is 4.71. The van der Waals surface area contributed by atoms with Gasteiger partial charge >= 0.3 is 0 Å². The van der Waals surface area contributed by atoms with Gasteiger partial charge in [0.2, 0.25) is 5.78 Å². The fourth-order valence-corrected chi connectivity index (χ4v) is 4.10. The van der Waals surface area contributed by atoms with E-state index in [-0.39, 0.29) is 17.9 Å². The molecule has 148 valence electrons. The lowest BCUT2D eigenvalue weighted by Crippen LogP contribution is -2.30. The Morgan fingerprint density at radius 2 is 2.00 bits per heavy atom. The second-order valence-electron chi connectivity index (χ2n) is 6.49. The van der Waals surface area contributed by atoms with Crippen molar-refractivity contribution in [2.24, 2.45) is 0 Å². The number of furan rings is 1. The maximum atomic E-state index is 13.1. The number of amides is 1. The van der Waals surface area contributed by atoms with Crippen molar-refractivity contribution in [1.82, 2.24) is 4.90 Å². The van der Waals surface area contributed by atoms with Crippen LogP contribution in [0.1, 0.15) is 34.0 Å². The molecule has 1 unspecified atom stereocenters. The molecule has 4 rings (SSSR count). The monoisotopic (exact) mass is 409 g/mol. The summed E-state index contributed by atoms with van der Waals surface area (Å²) in [5, 5.41) is 12.4. The lowest BCUT2D eigenvalue weighted by Gasteiger charge is -2.26. The van der Waals surface area contributed by atoms with E-state index in [1.807, 2.05) is 6.92 Å². The van der Waals surface area contributed by atoms with Crippen LogP contribution in [0.3, 0.4) is 0 Å². The molecule has 3 aromatic rings. The average Bonchev–Trinajstić information content (AvgIpc) is 3.47. The van der Waals surface area contributed by atoms with E-state index >= 15 is 0 Å². The summed E-state index contributed by atoms with van der Waals surface area (Å²) in [5.74, 6) is -0.217. The molecule has 29 heavy (non-hydrogen) atoms. The number of aliphatic hydroxyl groups is 1. The van der Waals surface area contributed by atoms with Gasteiger partial charge in [-0.25, -0.2) is 0 Å². The van der Waals surface area contributed by atoms with Gasteiger partial charge in [0.15, 0.2) is 5.76 Å². The minimum Gasteiger partial charge on any atom is -0.503 e. The van der Waals surface area contributed by atoms with Crippen LogP contribution in [0.15, 0.2) is 75.9 Å². The molecule has 2 aromatic heterocycles. The summed E-state index contributed by atoms with van der Waals surface area (Å²) < 4.78 is 10.9. The minimum atomic E-state index is -0.724. The normalized spacial score (nSPS) is 16.5. The average molecular weight is 409 g/mol. The van der Waals surface area contributed by atoms with Crippen molar-refractivity contribution < 1.29 is 23.8 Å². The smallest absolute Gasteiger partial charge is 0.290 e. The van der Waals surface area contributed by atoms with E-state index in [2.05, 4.69) is 0 Å². The Morgan fingerprint density at radius 1 is 1.21 bits per heavy atom. The second-order valence-corrected chi connectivity index (χ2v) is 7.43. The van der Waals surface area contributed by atoms with Crippen molar-refractivity contribution in [2.45, 2.75) is 19.5 Å². The molecular formula is C22H19NO5S. The number of hydrogen-bond donors (Lipinski definition) is 1. The molecular weight excluding hydrogens is 390 g/mol. The minimum absolute atomic E-state index is 0.0770. The Kier molecular flexibility index (Phi) is 5.22. The Bertz CT molecular complexity index is 1040. The Morgan fingerprint density at radius 3 is 2.62 bits per heavy atom. The maximum absolute atomic E-state index is 13.1. The second kappa shape index (κ2) is 7.97. The van der Waals surface area contributed by atoms with Gasteiger partial charge in [0, 0.05) is 0 Å².